The Labute approximate surface area is 150 Å². The summed E-state index contributed by atoms with van der Waals surface area (Å²) >= 11 is 9.47. The van der Waals surface area contributed by atoms with Crippen molar-refractivity contribution in [1.29, 1.82) is 0 Å². The molecule has 0 atom stereocenters. The normalized spacial score (nSPS) is 12.0. The van der Waals surface area contributed by atoms with Gasteiger partial charge >= 0.3 is 0 Å². The number of thiol groups is 2. The van der Waals surface area contributed by atoms with Crippen molar-refractivity contribution in [2.45, 2.75) is 33.6 Å². The van der Waals surface area contributed by atoms with Gasteiger partial charge < -0.3 is 4.74 Å². The summed E-state index contributed by atoms with van der Waals surface area (Å²) in [6, 6.07) is 14.3. The highest BCUT2D eigenvalue weighted by molar-refractivity contribution is 7.96. The van der Waals surface area contributed by atoms with E-state index in [9.17, 15) is 0 Å². The van der Waals surface area contributed by atoms with E-state index in [4.69, 9.17) is 30.0 Å². The molecule has 0 spiro atoms. The minimum absolute atomic E-state index is 0.723. The third-order valence-electron chi connectivity index (χ3n) is 3.71. The molecule has 3 heteroatoms. The van der Waals surface area contributed by atoms with Gasteiger partial charge in [0.15, 0.2) is 0 Å². The maximum Gasteiger partial charge on any atom is 0.128 e. The van der Waals surface area contributed by atoms with Crippen LogP contribution in [0.4, 0.5) is 0 Å². The molecular formula is C20H24OS2. The lowest BCUT2D eigenvalue weighted by Crippen LogP contribution is -2.01. The third-order valence-corrected chi connectivity index (χ3v) is 4.81. The van der Waals surface area contributed by atoms with Crippen LogP contribution in [0.3, 0.4) is 0 Å². The Morgan fingerprint density at radius 3 is 2.35 bits per heavy atom. The molecule has 0 aliphatic carbocycles. The Bertz CT molecular complexity index is 690. The van der Waals surface area contributed by atoms with E-state index in [1.807, 2.05) is 30.3 Å². The van der Waals surface area contributed by atoms with Crippen LogP contribution in [-0.2, 0) is 0 Å². The SMILES string of the molecule is CCCCOc1cc(C)cc(C)c1/C(S)=C(/S)c1ccccc1. The molecule has 0 N–H and O–H groups in total. The standard InChI is InChI=1S/C20H24OS2/c1-4-5-11-21-17-13-14(2)12-15(3)18(17)20(23)19(22)16-9-7-6-8-10-16/h6-10,12-13,22-23H,4-5,11H2,1-3H3/b20-19-. The first-order valence-electron chi connectivity index (χ1n) is 7.96. The first-order chi connectivity index (χ1) is 11.0. The van der Waals surface area contributed by atoms with E-state index in [1.165, 1.54) is 5.56 Å². The molecule has 0 amide bonds. The number of hydrogen-bond donors (Lipinski definition) is 2. The quantitative estimate of drug-likeness (QED) is 0.362. The average molecular weight is 345 g/mol. The van der Waals surface area contributed by atoms with Gasteiger partial charge in [-0.2, -0.15) is 0 Å². The van der Waals surface area contributed by atoms with Crippen molar-refractivity contribution in [2.24, 2.45) is 0 Å². The largest absolute Gasteiger partial charge is 0.493 e. The molecule has 1 nitrogen and oxygen atoms in total. The van der Waals surface area contributed by atoms with Gasteiger partial charge in [0.25, 0.3) is 0 Å². The van der Waals surface area contributed by atoms with Gasteiger partial charge in [0.05, 0.1) is 6.61 Å². The molecule has 122 valence electrons. The van der Waals surface area contributed by atoms with Crippen LogP contribution in [0.25, 0.3) is 9.81 Å². The second kappa shape index (κ2) is 8.51. The summed E-state index contributed by atoms with van der Waals surface area (Å²) in [5, 5.41) is 0. The first-order valence-corrected chi connectivity index (χ1v) is 8.86. The van der Waals surface area contributed by atoms with Gasteiger partial charge in [-0.25, -0.2) is 0 Å². The maximum absolute atomic E-state index is 6.03. The molecule has 0 bridgehead atoms. The van der Waals surface area contributed by atoms with Crippen LogP contribution in [0, 0.1) is 13.8 Å². The van der Waals surface area contributed by atoms with E-state index in [0.717, 1.165) is 51.7 Å². The minimum Gasteiger partial charge on any atom is -0.493 e. The molecule has 0 saturated carbocycles. The van der Waals surface area contributed by atoms with Crippen LogP contribution < -0.4 is 4.74 Å². The van der Waals surface area contributed by atoms with Gasteiger partial charge in [-0.15, -0.1) is 25.3 Å². The topological polar surface area (TPSA) is 9.23 Å². The Balaban J connectivity index is 2.48. The maximum atomic E-state index is 6.03. The molecule has 0 unspecified atom stereocenters. The summed E-state index contributed by atoms with van der Waals surface area (Å²) in [6.45, 7) is 7.07. The lowest BCUT2D eigenvalue weighted by Gasteiger charge is -2.17. The van der Waals surface area contributed by atoms with Crippen LogP contribution >= 0.6 is 25.3 Å². The summed E-state index contributed by atoms with van der Waals surface area (Å²) in [6.07, 6.45) is 2.16. The fourth-order valence-corrected chi connectivity index (χ4v) is 3.20. The fraction of sp³-hybridized carbons (Fsp3) is 0.300. The molecule has 0 aliphatic heterocycles. The van der Waals surface area contributed by atoms with E-state index in [0.29, 0.717) is 0 Å². The zero-order chi connectivity index (χ0) is 16.8. The second-order valence-electron chi connectivity index (χ2n) is 5.72. The Morgan fingerprint density at radius 1 is 1.00 bits per heavy atom. The molecule has 2 rings (SSSR count). The lowest BCUT2D eigenvalue weighted by atomic mass is 10.0. The number of aryl methyl sites for hydroxylation is 2. The predicted octanol–water partition coefficient (Wildman–Crippen LogP) is 6.17. The molecule has 0 heterocycles. The van der Waals surface area contributed by atoms with Gasteiger partial charge in [-0.05, 0) is 43.0 Å². The fourth-order valence-electron chi connectivity index (χ4n) is 2.52. The highest BCUT2D eigenvalue weighted by Gasteiger charge is 2.14. The van der Waals surface area contributed by atoms with E-state index >= 15 is 0 Å². The predicted molar refractivity (Wildman–Crippen MR) is 108 cm³/mol. The zero-order valence-electron chi connectivity index (χ0n) is 14.0. The molecule has 0 aliphatic rings. The highest BCUT2D eigenvalue weighted by atomic mass is 32.1. The van der Waals surface area contributed by atoms with Crippen molar-refractivity contribution >= 4 is 35.1 Å². The molecule has 2 aromatic carbocycles. The summed E-state index contributed by atoms with van der Waals surface area (Å²) in [5.41, 5.74) is 4.44. The van der Waals surface area contributed by atoms with Crippen LogP contribution in [0.1, 0.15) is 42.0 Å². The second-order valence-corrected chi connectivity index (χ2v) is 6.61. The number of benzene rings is 2. The number of rotatable bonds is 6. The zero-order valence-corrected chi connectivity index (χ0v) is 15.8. The smallest absolute Gasteiger partial charge is 0.128 e. The van der Waals surface area contributed by atoms with Gasteiger partial charge in [0, 0.05) is 15.4 Å². The van der Waals surface area contributed by atoms with Crippen molar-refractivity contribution < 1.29 is 4.74 Å². The summed E-state index contributed by atoms with van der Waals surface area (Å²) in [7, 11) is 0. The monoisotopic (exact) mass is 344 g/mol. The summed E-state index contributed by atoms with van der Waals surface area (Å²) < 4.78 is 6.03. The lowest BCUT2D eigenvalue weighted by molar-refractivity contribution is 0.308. The van der Waals surface area contributed by atoms with Crippen molar-refractivity contribution in [1.82, 2.24) is 0 Å². The Morgan fingerprint density at radius 2 is 1.70 bits per heavy atom. The number of hydrogen-bond acceptors (Lipinski definition) is 3. The number of ether oxygens (including phenoxy) is 1. The molecule has 23 heavy (non-hydrogen) atoms. The first kappa shape index (κ1) is 18.0. The van der Waals surface area contributed by atoms with Gasteiger partial charge in [-0.1, -0.05) is 49.7 Å². The molecule has 0 saturated heterocycles. The van der Waals surface area contributed by atoms with Gasteiger partial charge in [0.1, 0.15) is 5.75 Å². The van der Waals surface area contributed by atoms with Crippen LogP contribution in [0.2, 0.25) is 0 Å². The van der Waals surface area contributed by atoms with E-state index in [1.54, 1.807) is 0 Å². The third kappa shape index (κ3) is 4.58. The molecule has 0 radical (unpaired) electrons. The highest BCUT2D eigenvalue weighted by Crippen LogP contribution is 2.39. The molecule has 0 aromatic heterocycles. The van der Waals surface area contributed by atoms with Gasteiger partial charge in [-0.3, -0.25) is 0 Å². The van der Waals surface area contributed by atoms with Gasteiger partial charge in [0.2, 0.25) is 0 Å². The number of unbranched alkanes of at least 4 members (excludes halogenated alkanes) is 1. The van der Waals surface area contributed by atoms with Crippen molar-refractivity contribution in [2.75, 3.05) is 6.61 Å². The van der Waals surface area contributed by atoms with Crippen molar-refractivity contribution in [3.05, 3.63) is 64.7 Å². The van der Waals surface area contributed by atoms with E-state index in [-0.39, 0.29) is 0 Å². The average Bonchev–Trinajstić information content (AvgIpc) is 2.54. The molecular weight excluding hydrogens is 320 g/mol. The molecule has 0 fully saturated rings. The van der Waals surface area contributed by atoms with Crippen LogP contribution in [-0.4, -0.2) is 6.61 Å². The Kier molecular flexibility index (Phi) is 6.67. The van der Waals surface area contributed by atoms with Crippen LogP contribution in [0.5, 0.6) is 5.75 Å². The molecule has 2 aromatic rings. The van der Waals surface area contributed by atoms with Crippen molar-refractivity contribution in [3.63, 3.8) is 0 Å². The van der Waals surface area contributed by atoms with Crippen molar-refractivity contribution in [3.8, 4) is 5.75 Å². The van der Waals surface area contributed by atoms with E-state index in [2.05, 4.69) is 32.9 Å². The van der Waals surface area contributed by atoms with Crippen LogP contribution in [0.15, 0.2) is 42.5 Å². The Hall–Kier alpha value is -1.32. The minimum atomic E-state index is 0.723. The van der Waals surface area contributed by atoms with E-state index < -0.39 is 0 Å². The summed E-state index contributed by atoms with van der Waals surface area (Å²) in [5.74, 6) is 0.892. The summed E-state index contributed by atoms with van der Waals surface area (Å²) in [4.78, 5) is 1.71.